The Morgan fingerprint density at radius 2 is 2.22 bits per heavy atom. The van der Waals surface area contributed by atoms with Gasteiger partial charge < -0.3 is 4.74 Å². The summed E-state index contributed by atoms with van der Waals surface area (Å²) in [6.07, 6.45) is 0. The second-order valence-corrected chi connectivity index (χ2v) is 1.42. The zero-order valence-corrected chi connectivity index (χ0v) is 6.16. The molecule has 0 spiro atoms. The van der Waals surface area contributed by atoms with E-state index in [0.29, 0.717) is 0 Å². The number of hydrogen-bond acceptors (Lipinski definition) is 3. The van der Waals surface area contributed by atoms with Crippen LogP contribution >= 0.6 is 12.4 Å². The van der Waals surface area contributed by atoms with Crippen molar-refractivity contribution in [2.24, 2.45) is 5.92 Å². The Morgan fingerprint density at radius 3 is 2.33 bits per heavy atom. The van der Waals surface area contributed by atoms with Gasteiger partial charge in [0.2, 0.25) is 0 Å². The quantitative estimate of drug-likeness (QED) is 0.449. The molecule has 0 amide bonds. The van der Waals surface area contributed by atoms with Gasteiger partial charge in [0.15, 0.2) is 5.90 Å². The summed E-state index contributed by atoms with van der Waals surface area (Å²) in [5, 5.41) is 15.1. The Bertz CT molecular complexity index is 129. The molecule has 0 rings (SSSR count). The monoisotopic (exact) mass is 148 g/mol. The average Bonchev–Trinajstić information content (AvgIpc) is 1.84. The van der Waals surface area contributed by atoms with Gasteiger partial charge in [0.25, 0.3) is 0 Å². The highest BCUT2D eigenvalue weighted by Gasteiger charge is 2.04. The van der Waals surface area contributed by atoms with Gasteiger partial charge >= 0.3 is 0 Å². The van der Waals surface area contributed by atoms with Crippen molar-refractivity contribution < 1.29 is 4.74 Å². The van der Waals surface area contributed by atoms with Crippen LogP contribution in [-0.4, -0.2) is 13.0 Å². The van der Waals surface area contributed by atoms with Crippen LogP contribution < -0.4 is 0 Å². The summed E-state index contributed by atoms with van der Waals surface area (Å²) in [5.41, 5.74) is 0. The van der Waals surface area contributed by atoms with Crippen molar-refractivity contribution in [3.05, 3.63) is 0 Å². The first kappa shape index (κ1) is 11.1. The molecule has 3 nitrogen and oxygen atoms in total. The summed E-state index contributed by atoms with van der Waals surface area (Å²) < 4.78 is 4.46. The van der Waals surface area contributed by atoms with E-state index in [1.54, 1.807) is 6.92 Å². The molecule has 0 bridgehead atoms. The maximum absolute atomic E-state index is 8.17. The Balaban J connectivity index is 0. The van der Waals surface area contributed by atoms with Crippen LogP contribution in [0.15, 0.2) is 0 Å². The molecule has 0 aliphatic heterocycles. The van der Waals surface area contributed by atoms with Crippen molar-refractivity contribution in [1.29, 1.82) is 10.7 Å². The van der Waals surface area contributed by atoms with E-state index in [1.165, 1.54) is 7.11 Å². The maximum atomic E-state index is 8.17. The lowest BCUT2D eigenvalue weighted by Crippen LogP contribution is -2.08. The fourth-order valence-electron chi connectivity index (χ4n) is 0.235. The van der Waals surface area contributed by atoms with E-state index in [-0.39, 0.29) is 18.3 Å². The minimum Gasteiger partial charge on any atom is -0.484 e. The molecule has 0 aromatic rings. The summed E-state index contributed by atoms with van der Waals surface area (Å²) in [7, 11) is 1.39. The van der Waals surface area contributed by atoms with Crippen molar-refractivity contribution in [1.82, 2.24) is 0 Å². The second-order valence-electron chi connectivity index (χ2n) is 1.42. The first-order chi connectivity index (χ1) is 3.72. The van der Waals surface area contributed by atoms with Crippen LogP contribution in [0.4, 0.5) is 0 Å². The molecule has 1 N–H and O–H groups in total. The zero-order valence-electron chi connectivity index (χ0n) is 5.34. The van der Waals surface area contributed by atoms with Crippen LogP contribution in [0, 0.1) is 22.7 Å². The highest BCUT2D eigenvalue weighted by Crippen LogP contribution is 1.93. The summed E-state index contributed by atoms with van der Waals surface area (Å²) >= 11 is 0. The van der Waals surface area contributed by atoms with Crippen LogP contribution in [0.5, 0.6) is 0 Å². The molecule has 0 heterocycles. The lowest BCUT2D eigenvalue weighted by molar-refractivity contribution is 0.378. The van der Waals surface area contributed by atoms with E-state index in [2.05, 4.69) is 4.74 Å². The van der Waals surface area contributed by atoms with Gasteiger partial charge in [-0.2, -0.15) is 5.26 Å². The van der Waals surface area contributed by atoms with Crippen LogP contribution in [-0.2, 0) is 4.74 Å². The summed E-state index contributed by atoms with van der Waals surface area (Å²) in [5.74, 6) is -0.396. The van der Waals surface area contributed by atoms with Gasteiger partial charge in [-0.3, -0.25) is 5.41 Å². The van der Waals surface area contributed by atoms with E-state index in [9.17, 15) is 0 Å². The molecule has 0 fully saturated rings. The summed E-state index contributed by atoms with van der Waals surface area (Å²) in [4.78, 5) is 0. The Kier molecular flexibility index (Phi) is 6.65. The summed E-state index contributed by atoms with van der Waals surface area (Å²) in [6, 6.07) is 1.87. The fraction of sp³-hybridized carbons (Fsp3) is 0.600. The number of methoxy groups -OCH3 is 1. The number of nitrogens with zero attached hydrogens (tertiary/aromatic N) is 1. The molecule has 0 saturated heterocycles. The predicted molar refractivity (Wildman–Crippen MR) is 36.8 cm³/mol. The van der Waals surface area contributed by atoms with Crippen molar-refractivity contribution in [2.45, 2.75) is 6.92 Å². The molecule has 0 aliphatic rings. The minimum absolute atomic E-state index is 0. The molecular weight excluding hydrogens is 140 g/mol. The van der Waals surface area contributed by atoms with Gasteiger partial charge in [-0.15, -0.1) is 12.4 Å². The van der Waals surface area contributed by atoms with Gasteiger partial charge in [-0.05, 0) is 6.92 Å². The Morgan fingerprint density at radius 1 is 1.78 bits per heavy atom. The van der Waals surface area contributed by atoms with E-state index in [0.717, 1.165) is 0 Å². The molecule has 1 atom stereocenters. The number of nitrogens with one attached hydrogen (secondary N) is 1. The normalized spacial score (nSPS) is 10.3. The third-order valence-corrected chi connectivity index (χ3v) is 0.807. The van der Waals surface area contributed by atoms with Crippen molar-refractivity contribution in [2.75, 3.05) is 7.11 Å². The third kappa shape index (κ3) is 3.80. The number of ether oxygens (including phenoxy) is 1. The van der Waals surface area contributed by atoms with E-state index in [1.807, 2.05) is 6.07 Å². The molecule has 0 aromatic heterocycles. The SMILES string of the molecule is COC(=N)C(C)C#N.Cl. The van der Waals surface area contributed by atoms with Gasteiger partial charge in [0, 0.05) is 0 Å². The molecule has 0 aromatic carbocycles. The maximum Gasteiger partial charge on any atom is 0.197 e. The lowest BCUT2D eigenvalue weighted by atomic mass is 10.2. The number of hydrogen-bond donors (Lipinski definition) is 1. The van der Waals surface area contributed by atoms with E-state index < -0.39 is 5.92 Å². The first-order valence-electron chi connectivity index (χ1n) is 2.24. The molecule has 9 heavy (non-hydrogen) atoms. The number of rotatable bonds is 1. The van der Waals surface area contributed by atoms with Crippen molar-refractivity contribution in [3.63, 3.8) is 0 Å². The first-order valence-corrected chi connectivity index (χ1v) is 2.24. The fourth-order valence-corrected chi connectivity index (χ4v) is 0.235. The molecule has 1 unspecified atom stereocenters. The van der Waals surface area contributed by atoms with Crippen LogP contribution in [0.2, 0.25) is 0 Å². The lowest BCUT2D eigenvalue weighted by Gasteiger charge is -1.99. The Hall–Kier alpha value is -0.750. The number of halogens is 1. The highest BCUT2D eigenvalue weighted by atomic mass is 35.5. The zero-order chi connectivity index (χ0) is 6.57. The molecular formula is C5H9ClN2O. The smallest absolute Gasteiger partial charge is 0.197 e. The van der Waals surface area contributed by atoms with Gasteiger partial charge in [0.05, 0.1) is 13.2 Å². The Labute approximate surface area is 60.5 Å². The van der Waals surface area contributed by atoms with Gasteiger partial charge in [0.1, 0.15) is 5.92 Å². The molecule has 0 saturated carbocycles. The van der Waals surface area contributed by atoms with E-state index >= 15 is 0 Å². The number of nitriles is 1. The molecule has 0 aliphatic carbocycles. The molecule has 4 heteroatoms. The standard InChI is InChI=1S/C5H8N2O.ClH/c1-4(3-6)5(7)8-2;/h4,7H,1-2H3;1H. The third-order valence-electron chi connectivity index (χ3n) is 0.807. The van der Waals surface area contributed by atoms with Gasteiger partial charge in [-0.1, -0.05) is 0 Å². The van der Waals surface area contributed by atoms with Gasteiger partial charge in [-0.25, -0.2) is 0 Å². The molecule has 0 radical (unpaired) electrons. The second kappa shape index (κ2) is 5.39. The topological polar surface area (TPSA) is 56.9 Å². The molecule has 52 valence electrons. The van der Waals surface area contributed by atoms with E-state index in [4.69, 9.17) is 10.7 Å². The van der Waals surface area contributed by atoms with Crippen molar-refractivity contribution >= 4 is 18.3 Å². The predicted octanol–water partition coefficient (Wildman–Crippen LogP) is 1.19. The average molecular weight is 149 g/mol. The van der Waals surface area contributed by atoms with Crippen molar-refractivity contribution in [3.8, 4) is 6.07 Å². The van der Waals surface area contributed by atoms with Crippen LogP contribution in [0.3, 0.4) is 0 Å². The summed E-state index contributed by atoms with van der Waals surface area (Å²) in [6.45, 7) is 1.62. The van der Waals surface area contributed by atoms with Crippen LogP contribution in [0.25, 0.3) is 0 Å². The largest absolute Gasteiger partial charge is 0.484 e. The van der Waals surface area contributed by atoms with Crippen LogP contribution in [0.1, 0.15) is 6.92 Å². The highest BCUT2D eigenvalue weighted by molar-refractivity contribution is 5.85. The minimum atomic E-state index is -0.417.